The number of hydrogen-bond acceptors (Lipinski definition) is 5. The van der Waals surface area contributed by atoms with Crippen LogP contribution in [0, 0.1) is 0 Å². The Kier molecular flexibility index (Phi) is 6.82. The van der Waals surface area contributed by atoms with Crippen LogP contribution in [0.5, 0.6) is 0 Å². The molecule has 4 rings (SSSR count). The molecule has 7 heteroatoms. The van der Waals surface area contributed by atoms with Gasteiger partial charge in [0, 0.05) is 36.3 Å². The van der Waals surface area contributed by atoms with Gasteiger partial charge in [-0.15, -0.1) is 0 Å². The largest absolute Gasteiger partial charge is 0.339 e. The number of nitrogens with zero attached hydrogens (tertiary/aromatic N) is 3. The first-order valence-corrected chi connectivity index (χ1v) is 11.9. The molecule has 1 atom stereocenters. The van der Waals surface area contributed by atoms with Gasteiger partial charge in [-0.3, -0.25) is 9.59 Å². The first-order chi connectivity index (χ1) is 16.2. The van der Waals surface area contributed by atoms with E-state index >= 15 is 0 Å². The van der Waals surface area contributed by atoms with Gasteiger partial charge in [0.25, 0.3) is 5.91 Å². The zero-order valence-electron chi connectivity index (χ0n) is 20.3. The van der Waals surface area contributed by atoms with Crippen molar-refractivity contribution in [1.29, 1.82) is 0 Å². The highest BCUT2D eigenvalue weighted by molar-refractivity contribution is 5.94. The third kappa shape index (κ3) is 5.35. The van der Waals surface area contributed by atoms with Gasteiger partial charge in [0.05, 0.1) is 5.92 Å². The lowest BCUT2D eigenvalue weighted by atomic mass is 9.86. The Labute approximate surface area is 200 Å². The molecule has 178 valence electrons. The average molecular weight is 461 g/mol. The predicted molar refractivity (Wildman–Crippen MR) is 132 cm³/mol. The minimum atomic E-state index is -0.0500. The summed E-state index contributed by atoms with van der Waals surface area (Å²) in [5.41, 5.74) is 3.42. The van der Waals surface area contributed by atoms with Crippen LogP contribution in [0.25, 0.3) is 11.4 Å². The molecule has 1 aromatic heterocycles. The summed E-state index contributed by atoms with van der Waals surface area (Å²) in [5.74, 6) is 0.994. The fourth-order valence-corrected chi connectivity index (χ4v) is 4.16. The minimum absolute atomic E-state index is 0.00391. The van der Waals surface area contributed by atoms with Gasteiger partial charge in [-0.05, 0) is 48.1 Å². The highest BCUT2D eigenvalue weighted by Gasteiger charge is 2.29. The summed E-state index contributed by atoms with van der Waals surface area (Å²) in [5, 5.41) is 7.01. The molecule has 0 aliphatic carbocycles. The number of nitrogens with one attached hydrogen (secondary N) is 1. The standard InChI is InChI=1S/C27H32N4O3/c1-5-23(32)28-22-10-6-8-19(16-22)24-29-25(34-30-24)20-9-7-15-31(17-20)26(33)18-11-13-21(14-12-18)27(2,3)4/h6,8,10-14,16,20H,5,7,9,15,17H2,1-4H3,(H,28,32)/t20-/m1/s1. The Morgan fingerprint density at radius 2 is 1.91 bits per heavy atom. The number of likely N-dealkylation sites (tertiary alicyclic amines) is 1. The number of carbonyl (C=O) groups is 2. The minimum Gasteiger partial charge on any atom is -0.339 e. The van der Waals surface area contributed by atoms with E-state index in [1.807, 2.05) is 60.4 Å². The zero-order valence-corrected chi connectivity index (χ0v) is 20.3. The van der Waals surface area contributed by atoms with Crippen molar-refractivity contribution in [2.75, 3.05) is 18.4 Å². The van der Waals surface area contributed by atoms with E-state index in [0.29, 0.717) is 35.9 Å². The molecule has 3 aromatic rings. The summed E-state index contributed by atoms with van der Waals surface area (Å²) in [6.45, 7) is 9.56. The fourth-order valence-electron chi connectivity index (χ4n) is 4.16. The molecule has 1 N–H and O–H groups in total. The molecular weight excluding hydrogens is 428 g/mol. The number of anilines is 1. The molecule has 2 heterocycles. The van der Waals surface area contributed by atoms with Gasteiger partial charge >= 0.3 is 0 Å². The molecule has 1 aliphatic heterocycles. The Bertz CT molecular complexity index is 1160. The molecule has 2 aromatic carbocycles. The zero-order chi connectivity index (χ0) is 24.3. The molecule has 0 spiro atoms. The second-order valence-corrected chi connectivity index (χ2v) is 9.86. The Morgan fingerprint density at radius 1 is 1.15 bits per heavy atom. The van der Waals surface area contributed by atoms with Gasteiger partial charge in [-0.1, -0.05) is 57.1 Å². The molecule has 7 nitrogen and oxygen atoms in total. The van der Waals surface area contributed by atoms with Crippen molar-refractivity contribution in [3.63, 3.8) is 0 Å². The number of hydrogen-bond donors (Lipinski definition) is 1. The van der Waals surface area contributed by atoms with Crippen molar-refractivity contribution in [2.24, 2.45) is 0 Å². The lowest BCUT2D eigenvalue weighted by Gasteiger charge is -2.31. The van der Waals surface area contributed by atoms with Crippen molar-refractivity contribution < 1.29 is 14.1 Å². The van der Waals surface area contributed by atoms with Gasteiger partial charge < -0.3 is 14.7 Å². The van der Waals surface area contributed by atoms with E-state index in [1.165, 1.54) is 5.56 Å². The summed E-state index contributed by atoms with van der Waals surface area (Å²) in [6.07, 6.45) is 2.18. The summed E-state index contributed by atoms with van der Waals surface area (Å²) < 4.78 is 5.60. The SMILES string of the molecule is CCC(=O)Nc1cccc(-c2noc([C@@H]3CCCN(C(=O)c4ccc(C(C)(C)C)cc4)C3)n2)c1. The second-order valence-electron chi connectivity index (χ2n) is 9.86. The fraction of sp³-hybridized carbons (Fsp3) is 0.407. The van der Waals surface area contributed by atoms with E-state index < -0.39 is 0 Å². The van der Waals surface area contributed by atoms with Crippen LogP contribution in [-0.2, 0) is 10.2 Å². The Balaban J connectivity index is 1.46. The van der Waals surface area contributed by atoms with Crippen LogP contribution >= 0.6 is 0 Å². The monoisotopic (exact) mass is 460 g/mol. The van der Waals surface area contributed by atoms with Crippen molar-refractivity contribution in [3.8, 4) is 11.4 Å². The van der Waals surface area contributed by atoms with E-state index in [1.54, 1.807) is 0 Å². The van der Waals surface area contributed by atoms with Gasteiger partial charge in [0.15, 0.2) is 0 Å². The molecule has 0 unspecified atom stereocenters. The van der Waals surface area contributed by atoms with E-state index in [0.717, 1.165) is 24.9 Å². The molecule has 0 bridgehead atoms. The van der Waals surface area contributed by atoms with Gasteiger partial charge in [-0.25, -0.2) is 0 Å². The van der Waals surface area contributed by atoms with E-state index in [2.05, 4.69) is 36.2 Å². The number of carbonyl (C=O) groups excluding carboxylic acids is 2. The highest BCUT2D eigenvalue weighted by Crippen LogP contribution is 2.29. The highest BCUT2D eigenvalue weighted by atomic mass is 16.5. The van der Waals surface area contributed by atoms with Crippen molar-refractivity contribution in [3.05, 3.63) is 65.5 Å². The molecule has 0 saturated carbocycles. The predicted octanol–water partition coefficient (Wildman–Crippen LogP) is 5.40. The lowest BCUT2D eigenvalue weighted by Crippen LogP contribution is -2.39. The first-order valence-electron chi connectivity index (χ1n) is 11.9. The molecule has 1 saturated heterocycles. The number of piperidine rings is 1. The number of rotatable bonds is 5. The quantitative estimate of drug-likeness (QED) is 0.551. The molecular formula is C27H32N4O3. The Morgan fingerprint density at radius 3 is 2.62 bits per heavy atom. The molecule has 1 fully saturated rings. The number of aromatic nitrogens is 2. The van der Waals surface area contributed by atoms with Crippen LogP contribution in [0.2, 0.25) is 0 Å². The van der Waals surface area contributed by atoms with Crippen molar-refractivity contribution in [2.45, 2.75) is 58.3 Å². The Hall–Kier alpha value is -3.48. The van der Waals surface area contributed by atoms with Crippen LogP contribution in [0.4, 0.5) is 5.69 Å². The van der Waals surface area contributed by atoms with Gasteiger partial charge in [-0.2, -0.15) is 4.98 Å². The average Bonchev–Trinajstić information content (AvgIpc) is 3.34. The number of amides is 2. The van der Waals surface area contributed by atoms with Crippen LogP contribution in [0.15, 0.2) is 53.1 Å². The second kappa shape index (κ2) is 9.79. The molecule has 0 radical (unpaired) electrons. The van der Waals surface area contributed by atoms with Crippen molar-refractivity contribution >= 4 is 17.5 Å². The summed E-state index contributed by atoms with van der Waals surface area (Å²) in [7, 11) is 0. The van der Waals surface area contributed by atoms with E-state index in [-0.39, 0.29) is 23.1 Å². The molecule has 1 aliphatic rings. The van der Waals surface area contributed by atoms with E-state index in [4.69, 9.17) is 4.52 Å². The van der Waals surface area contributed by atoms with Crippen LogP contribution < -0.4 is 5.32 Å². The summed E-state index contributed by atoms with van der Waals surface area (Å²) >= 11 is 0. The third-order valence-corrected chi connectivity index (χ3v) is 6.22. The van der Waals surface area contributed by atoms with Gasteiger partial charge in [0.2, 0.25) is 17.6 Å². The molecule has 2 amide bonds. The number of benzene rings is 2. The maximum absolute atomic E-state index is 13.1. The smallest absolute Gasteiger partial charge is 0.253 e. The lowest BCUT2D eigenvalue weighted by molar-refractivity contribution is -0.115. The van der Waals surface area contributed by atoms with Crippen LogP contribution in [-0.4, -0.2) is 39.9 Å². The molecule has 34 heavy (non-hydrogen) atoms. The first kappa shape index (κ1) is 23.7. The summed E-state index contributed by atoms with van der Waals surface area (Å²) in [4.78, 5) is 31.3. The van der Waals surface area contributed by atoms with Crippen molar-refractivity contribution in [1.82, 2.24) is 15.0 Å². The maximum atomic E-state index is 13.1. The summed E-state index contributed by atoms with van der Waals surface area (Å²) in [6, 6.07) is 15.3. The van der Waals surface area contributed by atoms with E-state index in [9.17, 15) is 9.59 Å². The maximum Gasteiger partial charge on any atom is 0.253 e. The normalized spacial score (nSPS) is 16.4. The third-order valence-electron chi connectivity index (χ3n) is 6.22. The van der Waals surface area contributed by atoms with Crippen LogP contribution in [0.3, 0.4) is 0 Å². The van der Waals surface area contributed by atoms with Crippen LogP contribution in [0.1, 0.15) is 74.7 Å². The van der Waals surface area contributed by atoms with Gasteiger partial charge in [0.1, 0.15) is 0 Å². The topological polar surface area (TPSA) is 88.3 Å².